The van der Waals surface area contributed by atoms with Crippen molar-refractivity contribution in [3.05, 3.63) is 0 Å². The van der Waals surface area contributed by atoms with Gasteiger partial charge in [0.15, 0.2) is 0 Å². The third-order valence-corrected chi connectivity index (χ3v) is 4.47. The van der Waals surface area contributed by atoms with Gasteiger partial charge in [-0.2, -0.15) is 0 Å². The van der Waals surface area contributed by atoms with Crippen molar-refractivity contribution in [2.75, 3.05) is 6.54 Å². The number of carbonyl (C=O) groups excluding carboxylic acids is 1. The van der Waals surface area contributed by atoms with Gasteiger partial charge in [0.1, 0.15) is 0 Å². The van der Waals surface area contributed by atoms with E-state index in [0.717, 1.165) is 31.7 Å². The Morgan fingerprint density at radius 1 is 1.24 bits per heavy atom. The molecule has 1 atom stereocenters. The summed E-state index contributed by atoms with van der Waals surface area (Å²) in [6.07, 6.45) is 8.17. The van der Waals surface area contributed by atoms with Crippen LogP contribution in [0.5, 0.6) is 0 Å². The van der Waals surface area contributed by atoms with E-state index in [4.69, 9.17) is 0 Å². The minimum Gasteiger partial charge on any atom is -0.352 e. The third kappa shape index (κ3) is 3.21. The summed E-state index contributed by atoms with van der Waals surface area (Å²) in [7, 11) is 0. The van der Waals surface area contributed by atoms with Gasteiger partial charge in [0.2, 0.25) is 5.91 Å². The summed E-state index contributed by atoms with van der Waals surface area (Å²) in [5, 5.41) is 6.63. The summed E-state index contributed by atoms with van der Waals surface area (Å²) in [6.45, 7) is 5.33. The fourth-order valence-electron chi connectivity index (χ4n) is 3.00. The number of hydrogen-bond acceptors (Lipinski definition) is 2. The highest BCUT2D eigenvalue weighted by atomic mass is 16.2. The molecule has 98 valence electrons. The highest BCUT2D eigenvalue weighted by Crippen LogP contribution is 2.25. The third-order valence-electron chi connectivity index (χ3n) is 4.47. The Hall–Kier alpha value is -0.570. The minimum absolute atomic E-state index is 0.219. The Kier molecular flexibility index (Phi) is 4.08. The van der Waals surface area contributed by atoms with Crippen molar-refractivity contribution in [2.45, 2.75) is 70.4 Å². The summed E-state index contributed by atoms with van der Waals surface area (Å²) < 4.78 is 0. The molecule has 1 saturated heterocycles. The van der Waals surface area contributed by atoms with Crippen LogP contribution in [0.3, 0.4) is 0 Å². The van der Waals surface area contributed by atoms with Crippen molar-refractivity contribution >= 4 is 5.91 Å². The Labute approximate surface area is 105 Å². The first-order chi connectivity index (χ1) is 8.10. The first-order valence-electron chi connectivity index (χ1n) is 7.16. The van der Waals surface area contributed by atoms with Gasteiger partial charge in [0.05, 0.1) is 5.54 Å². The number of hydrogen-bond donors (Lipinski definition) is 2. The van der Waals surface area contributed by atoms with Gasteiger partial charge >= 0.3 is 0 Å². The molecule has 2 N–H and O–H groups in total. The summed E-state index contributed by atoms with van der Waals surface area (Å²) in [4.78, 5) is 12.3. The molecular formula is C14H26N2O. The fourth-order valence-corrected chi connectivity index (χ4v) is 3.00. The van der Waals surface area contributed by atoms with E-state index in [-0.39, 0.29) is 11.4 Å². The van der Waals surface area contributed by atoms with Gasteiger partial charge in [-0.1, -0.05) is 6.92 Å². The van der Waals surface area contributed by atoms with Gasteiger partial charge in [0, 0.05) is 6.04 Å². The van der Waals surface area contributed by atoms with Crippen LogP contribution in [0.2, 0.25) is 0 Å². The van der Waals surface area contributed by atoms with Gasteiger partial charge < -0.3 is 10.6 Å². The molecule has 0 spiro atoms. The molecule has 1 heterocycles. The van der Waals surface area contributed by atoms with Crippen LogP contribution in [0.25, 0.3) is 0 Å². The molecule has 1 aliphatic carbocycles. The van der Waals surface area contributed by atoms with Crippen LogP contribution in [-0.2, 0) is 4.79 Å². The molecule has 0 aromatic heterocycles. The van der Waals surface area contributed by atoms with E-state index in [1.165, 1.54) is 25.7 Å². The molecule has 2 fully saturated rings. The SMILES string of the molecule is CC1CCC(NC(=O)C2(C)CCCCN2)CC1. The van der Waals surface area contributed by atoms with E-state index in [0.29, 0.717) is 6.04 Å². The molecule has 3 nitrogen and oxygen atoms in total. The zero-order chi connectivity index (χ0) is 12.3. The van der Waals surface area contributed by atoms with E-state index >= 15 is 0 Å². The molecule has 1 unspecified atom stereocenters. The second-order valence-corrected chi connectivity index (χ2v) is 6.15. The average molecular weight is 238 g/mol. The van der Waals surface area contributed by atoms with Crippen LogP contribution in [-0.4, -0.2) is 24.0 Å². The topological polar surface area (TPSA) is 41.1 Å². The molecule has 2 aliphatic rings. The van der Waals surface area contributed by atoms with Crippen molar-refractivity contribution in [2.24, 2.45) is 5.92 Å². The van der Waals surface area contributed by atoms with Gasteiger partial charge in [-0.25, -0.2) is 0 Å². The van der Waals surface area contributed by atoms with Crippen LogP contribution in [0.4, 0.5) is 0 Å². The Bertz CT molecular complexity index is 263. The predicted molar refractivity (Wildman–Crippen MR) is 69.8 cm³/mol. The molecule has 0 aromatic carbocycles. The van der Waals surface area contributed by atoms with Crippen molar-refractivity contribution < 1.29 is 4.79 Å². The second-order valence-electron chi connectivity index (χ2n) is 6.15. The maximum atomic E-state index is 12.3. The predicted octanol–water partition coefficient (Wildman–Crippen LogP) is 2.21. The molecular weight excluding hydrogens is 212 g/mol. The largest absolute Gasteiger partial charge is 0.352 e. The highest BCUT2D eigenvalue weighted by molar-refractivity contribution is 5.86. The van der Waals surface area contributed by atoms with Gasteiger partial charge in [0.25, 0.3) is 0 Å². The first-order valence-corrected chi connectivity index (χ1v) is 7.16. The van der Waals surface area contributed by atoms with Crippen molar-refractivity contribution in [1.82, 2.24) is 10.6 Å². The molecule has 1 saturated carbocycles. The number of nitrogens with one attached hydrogen (secondary N) is 2. The summed E-state index contributed by atoms with van der Waals surface area (Å²) in [6, 6.07) is 0.416. The van der Waals surface area contributed by atoms with E-state index in [1.54, 1.807) is 0 Å². The summed E-state index contributed by atoms with van der Waals surface area (Å²) in [5.41, 5.74) is -0.318. The Morgan fingerprint density at radius 2 is 1.94 bits per heavy atom. The van der Waals surface area contributed by atoms with Crippen LogP contribution in [0.15, 0.2) is 0 Å². The molecule has 3 heteroatoms. The van der Waals surface area contributed by atoms with E-state index in [2.05, 4.69) is 17.6 Å². The van der Waals surface area contributed by atoms with Crippen molar-refractivity contribution in [3.8, 4) is 0 Å². The lowest BCUT2D eigenvalue weighted by atomic mass is 9.85. The molecule has 1 amide bonds. The monoisotopic (exact) mass is 238 g/mol. The number of piperidine rings is 1. The molecule has 0 bridgehead atoms. The molecule has 0 aromatic rings. The number of rotatable bonds is 2. The van der Waals surface area contributed by atoms with Crippen LogP contribution < -0.4 is 10.6 Å². The van der Waals surface area contributed by atoms with E-state index in [1.807, 2.05) is 6.92 Å². The Balaban J connectivity index is 1.83. The van der Waals surface area contributed by atoms with Crippen molar-refractivity contribution in [1.29, 1.82) is 0 Å². The number of amides is 1. The quantitative estimate of drug-likeness (QED) is 0.774. The molecule has 1 aliphatic heterocycles. The maximum absolute atomic E-state index is 12.3. The van der Waals surface area contributed by atoms with Crippen LogP contribution in [0.1, 0.15) is 58.8 Å². The maximum Gasteiger partial charge on any atom is 0.240 e. The lowest BCUT2D eigenvalue weighted by molar-refractivity contribution is -0.129. The summed E-state index contributed by atoms with van der Waals surface area (Å²) in [5.74, 6) is 1.06. The lowest BCUT2D eigenvalue weighted by Gasteiger charge is -2.36. The van der Waals surface area contributed by atoms with Gasteiger partial charge in [-0.3, -0.25) is 4.79 Å². The average Bonchev–Trinajstić information content (AvgIpc) is 2.33. The second kappa shape index (κ2) is 5.38. The lowest BCUT2D eigenvalue weighted by Crippen LogP contribution is -2.58. The van der Waals surface area contributed by atoms with Crippen LogP contribution >= 0.6 is 0 Å². The molecule has 17 heavy (non-hydrogen) atoms. The standard InChI is InChI=1S/C14H26N2O/c1-11-5-7-12(8-6-11)16-13(17)14(2)9-3-4-10-15-14/h11-12,15H,3-10H2,1-2H3,(H,16,17). The van der Waals surface area contributed by atoms with E-state index < -0.39 is 0 Å². The minimum atomic E-state index is -0.318. The number of carbonyl (C=O) groups is 1. The Morgan fingerprint density at radius 3 is 2.53 bits per heavy atom. The molecule has 2 rings (SSSR count). The zero-order valence-electron chi connectivity index (χ0n) is 11.2. The normalized spacial score (nSPS) is 38.7. The highest BCUT2D eigenvalue weighted by Gasteiger charge is 2.35. The van der Waals surface area contributed by atoms with Gasteiger partial charge in [-0.15, -0.1) is 0 Å². The molecule has 0 radical (unpaired) electrons. The summed E-state index contributed by atoms with van der Waals surface area (Å²) >= 11 is 0. The van der Waals surface area contributed by atoms with E-state index in [9.17, 15) is 4.79 Å². The smallest absolute Gasteiger partial charge is 0.240 e. The van der Waals surface area contributed by atoms with Gasteiger partial charge in [-0.05, 0) is 64.3 Å². The fraction of sp³-hybridized carbons (Fsp3) is 0.929. The first kappa shape index (κ1) is 12.9. The van der Waals surface area contributed by atoms with Crippen LogP contribution in [0, 0.1) is 5.92 Å². The zero-order valence-corrected chi connectivity index (χ0v) is 11.2. The van der Waals surface area contributed by atoms with Crippen molar-refractivity contribution in [3.63, 3.8) is 0 Å².